The Morgan fingerprint density at radius 2 is 1.66 bits per heavy atom. The van der Waals surface area contributed by atoms with Crippen molar-refractivity contribution in [1.82, 2.24) is 9.97 Å². The Morgan fingerprint density at radius 3 is 2.30 bits per heavy atom. The van der Waals surface area contributed by atoms with E-state index in [0.29, 0.717) is 24.1 Å². The molecular formula is C42H60N2O6. The Labute approximate surface area is 299 Å². The molecule has 5 aliphatic carbocycles. The highest BCUT2D eigenvalue weighted by Gasteiger charge is 2.71. The fraction of sp³-hybridized carbons (Fsp3) is 0.762. The summed E-state index contributed by atoms with van der Waals surface area (Å²) in [4.78, 5) is 62.3. The zero-order valence-electron chi connectivity index (χ0n) is 32.2. The summed E-state index contributed by atoms with van der Waals surface area (Å²) in [5.41, 5.74) is 0.713. The highest BCUT2D eigenvalue weighted by Crippen LogP contribution is 2.76. The van der Waals surface area contributed by atoms with Crippen molar-refractivity contribution >= 4 is 23.5 Å². The molecule has 0 aliphatic heterocycles. The van der Waals surface area contributed by atoms with Crippen LogP contribution in [-0.4, -0.2) is 44.7 Å². The number of aliphatic carboxylic acids is 1. The van der Waals surface area contributed by atoms with E-state index in [-0.39, 0.29) is 70.4 Å². The smallest absolute Gasteiger partial charge is 0.309 e. The van der Waals surface area contributed by atoms with Crippen LogP contribution < -0.4 is 0 Å². The predicted molar refractivity (Wildman–Crippen MR) is 191 cm³/mol. The number of Topliss-reactive ketones (excluding diaryl/α,β-unsaturated/α-hetero) is 2. The fourth-order valence-electron chi connectivity index (χ4n) is 12.7. The lowest BCUT2D eigenvalue weighted by molar-refractivity contribution is -0.233. The van der Waals surface area contributed by atoms with E-state index in [2.05, 4.69) is 58.4 Å². The summed E-state index contributed by atoms with van der Waals surface area (Å²) in [6.45, 7) is 21.3. The number of aromatic nitrogens is 2. The molecule has 274 valence electrons. The lowest BCUT2D eigenvalue weighted by atomic mass is 9.33. The van der Waals surface area contributed by atoms with Gasteiger partial charge in [-0.3, -0.25) is 19.2 Å². The van der Waals surface area contributed by atoms with E-state index in [1.165, 1.54) is 0 Å². The second-order valence-corrected chi connectivity index (χ2v) is 19.2. The van der Waals surface area contributed by atoms with Crippen molar-refractivity contribution in [2.45, 2.75) is 146 Å². The van der Waals surface area contributed by atoms with Gasteiger partial charge in [-0.1, -0.05) is 48.5 Å². The van der Waals surface area contributed by atoms with Crippen LogP contribution in [-0.2, 0) is 30.3 Å². The summed E-state index contributed by atoms with van der Waals surface area (Å²) in [7, 11) is 0. The van der Waals surface area contributed by atoms with Crippen LogP contribution in [0.4, 0.5) is 0 Å². The number of hydrogen-bond donors (Lipinski definition) is 1. The first-order valence-corrected chi connectivity index (χ1v) is 19.2. The number of carboxylic acid groups (broad SMARTS) is 1. The molecule has 6 rings (SSSR count). The van der Waals surface area contributed by atoms with Gasteiger partial charge in [0.05, 0.1) is 23.7 Å². The number of esters is 1. The molecule has 0 radical (unpaired) electrons. The van der Waals surface area contributed by atoms with Crippen molar-refractivity contribution in [1.29, 1.82) is 0 Å². The number of hydrogen-bond acceptors (Lipinski definition) is 7. The second-order valence-electron chi connectivity index (χ2n) is 19.2. The summed E-state index contributed by atoms with van der Waals surface area (Å²) >= 11 is 0. The number of ketones is 2. The SMILES string of the molecule is Cc1ccnc(CC(=O)[C@@]23CC[C@]4(C)[C@H](CC[C@@H]5[C@@]6(C)CC[C@H](OC(=O)CC(C)(C)C(=O)O)C(C)(C)[C@@H]6CC[C@]54C)C2=C(C(C)C)C(=O)C3)n1. The van der Waals surface area contributed by atoms with Crippen LogP contribution in [0.15, 0.2) is 23.4 Å². The molecule has 1 heterocycles. The van der Waals surface area contributed by atoms with E-state index >= 15 is 0 Å². The lowest BCUT2D eigenvalue weighted by Gasteiger charge is -2.72. The molecule has 4 saturated carbocycles. The van der Waals surface area contributed by atoms with Gasteiger partial charge in [0.15, 0.2) is 11.6 Å². The zero-order chi connectivity index (χ0) is 36.8. The van der Waals surface area contributed by atoms with Crippen LogP contribution in [0.1, 0.15) is 138 Å². The minimum Gasteiger partial charge on any atom is -0.481 e. The maximum atomic E-state index is 14.5. The highest BCUT2D eigenvalue weighted by atomic mass is 16.5. The van der Waals surface area contributed by atoms with E-state index in [4.69, 9.17) is 4.74 Å². The molecule has 0 amide bonds. The number of carbonyl (C=O) groups is 4. The van der Waals surface area contributed by atoms with Gasteiger partial charge in [-0.15, -0.1) is 0 Å². The van der Waals surface area contributed by atoms with Crippen LogP contribution >= 0.6 is 0 Å². The Kier molecular flexibility index (Phi) is 8.91. The number of rotatable bonds is 8. The van der Waals surface area contributed by atoms with Crippen LogP contribution in [0, 0.1) is 63.1 Å². The Bertz CT molecular complexity index is 1640. The number of ether oxygens (including phenoxy) is 1. The maximum absolute atomic E-state index is 14.5. The normalized spacial score (nSPS) is 37.8. The first-order chi connectivity index (χ1) is 23.1. The van der Waals surface area contributed by atoms with Gasteiger partial charge in [-0.05, 0) is 129 Å². The molecule has 8 heteroatoms. The molecule has 1 aromatic rings. The first kappa shape index (κ1) is 36.9. The molecule has 0 unspecified atom stereocenters. The molecule has 5 aliphatic rings. The topological polar surface area (TPSA) is 124 Å². The van der Waals surface area contributed by atoms with Gasteiger partial charge in [-0.25, -0.2) is 9.97 Å². The van der Waals surface area contributed by atoms with Crippen LogP contribution in [0.25, 0.3) is 0 Å². The van der Waals surface area contributed by atoms with Crippen molar-refractivity contribution < 1.29 is 29.0 Å². The van der Waals surface area contributed by atoms with E-state index in [1.807, 2.05) is 13.0 Å². The molecule has 0 bridgehead atoms. The molecule has 1 N–H and O–H groups in total. The lowest BCUT2D eigenvalue weighted by Crippen LogP contribution is -2.66. The molecule has 0 spiro atoms. The molecule has 1 aromatic heterocycles. The number of carboxylic acids is 1. The number of carbonyl (C=O) groups excluding carboxylic acids is 3. The van der Waals surface area contributed by atoms with Gasteiger partial charge in [-0.2, -0.15) is 0 Å². The van der Waals surface area contributed by atoms with Gasteiger partial charge in [0.25, 0.3) is 0 Å². The molecule has 8 atom stereocenters. The maximum Gasteiger partial charge on any atom is 0.309 e. The van der Waals surface area contributed by atoms with Crippen molar-refractivity contribution in [2.24, 2.45) is 56.2 Å². The van der Waals surface area contributed by atoms with Gasteiger partial charge >= 0.3 is 11.9 Å². The molecule has 8 nitrogen and oxygen atoms in total. The van der Waals surface area contributed by atoms with E-state index in [1.54, 1.807) is 20.0 Å². The first-order valence-electron chi connectivity index (χ1n) is 19.2. The van der Waals surface area contributed by atoms with Crippen molar-refractivity contribution in [3.63, 3.8) is 0 Å². The molecule has 0 aromatic carbocycles. The Hall–Kier alpha value is -2.90. The van der Waals surface area contributed by atoms with Gasteiger partial charge < -0.3 is 9.84 Å². The summed E-state index contributed by atoms with van der Waals surface area (Å²) in [6, 6.07) is 1.84. The predicted octanol–water partition coefficient (Wildman–Crippen LogP) is 8.29. The fourth-order valence-corrected chi connectivity index (χ4v) is 12.7. The largest absolute Gasteiger partial charge is 0.481 e. The van der Waals surface area contributed by atoms with E-state index in [0.717, 1.165) is 61.8 Å². The van der Waals surface area contributed by atoms with Crippen LogP contribution in [0.5, 0.6) is 0 Å². The van der Waals surface area contributed by atoms with Gasteiger partial charge in [0, 0.05) is 23.7 Å². The third kappa shape index (κ3) is 5.35. The molecule has 50 heavy (non-hydrogen) atoms. The number of allylic oxidation sites excluding steroid dienone is 2. The Morgan fingerprint density at radius 1 is 0.960 bits per heavy atom. The van der Waals surface area contributed by atoms with Gasteiger partial charge in [0.2, 0.25) is 0 Å². The summed E-state index contributed by atoms with van der Waals surface area (Å²) in [5.74, 6) is 0.417. The van der Waals surface area contributed by atoms with Crippen molar-refractivity contribution in [3.05, 3.63) is 34.9 Å². The summed E-state index contributed by atoms with van der Waals surface area (Å²) in [6.07, 6.45) is 9.18. The number of nitrogens with zero attached hydrogens (tertiary/aromatic N) is 2. The number of fused-ring (bicyclic) bond motifs is 7. The van der Waals surface area contributed by atoms with Gasteiger partial charge in [0.1, 0.15) is 11.9 Å². The van der Waals surface area contributed by atoms with Crippen LogP contribution in [0.2, 0.25) is 0 Å². The third-order valence-electron chi connectivity index (χ3n) is 15.5. The summed E-state index contributed by atoms with van der Waals surface area (Å²) in [5, 5.41) is 9.59. The highest BCUT2D eigenvalue weighted by molar-refractivity contribution is 6.07. The van der Waals surface area contributed by atoms with E-state index in [9.17, 15) is 24.3 Å². The average molecular weight is 689 g/mol. The minimum atomic E-state index is -1.17. The number of aryl methyl sites for hydroxylation is 1. The van der Waals surface area contributed by atoms with Crippen LogP contribution in [0.3, 0.4) is 0 Å². The monoisotopic (exact) mass is 688 g/mol. The quantitative estimate of drug-likeness (QED) is 0.271. The zero-order valence-corrected chi connectivity index (χ0v) is 32.2. The van der Waals surface area contributed by atoms with E-state index < -0.39 is 22.8 Å². The third-order valence-corrected chi connectivity index (χ3v) is 15.5. The molecular weight excluding hydrogens is 628 g/mol. The van der Waals surface area contributed by atoms with Crippen molar-refractivity contribution in [3.8, 4) is 0 Å². The second kappa shape index (κ2) is 12.1. The molecule has 0 saturated heterocycles. The Balaban J connectivity index is 1.31. The summed E-state index contributed by atoms with van der Waals surface area (Å²) < 4.78 is 6.15. The minimum absolute atomic E-state index is 0.0157. The standard InChI is InChI=1S/C42H60N2O6/c1-24(2)34-27(45)22-42(30(46)21-32-43-20-15-25(3)44-32)19-18-40(9)26(35(34)42)11-12-29-39(8)16-14-31(50-33(47)23-37(4,5)36(48)49)38(6,7)28(39)13-17-41(29,40)10/h15,20,24,26,28-29,31H,11-14,16-19,21-23H2,1-10H3,(H,48,49)/t26-,28+,29-,31+,39+,40-,41-,42+/m1/s1. The molecule has 4 fully saturated rings. The average Bonchev–Trinajstić information content (AvgIpc) is 3.32. The van der Waals surface area contributed by atoms with Crippen molar-refractivity contribution in [2.75, 3.05) is 0 Å².